The van der Waals surface area contributed by atoms with Gasteiger partial charge in [-0.1, -0.05) is 0 Å². The topological polar surface area (TPSA) is 76.7 Å². The van der Waals surface area contributed by atoms with E-state index in [2.05, 4.69) is 10.2 Å². The number of nitrogen functional groups attached to an aromatic ring is 1. The molecule has 0 atom stereocenters. The highest BCUT2D eigenvalue weighted by Gasteiger charge is 2.08. The Morgan fingerprint density at radius 2 is 2.31 bits per heavy atom. The summed E-state index contributed by atoms with van der Waals surface area (Å²) in [5, 5.41) is 6.60. The highest BCUT2D eigenvalue weighted by Crippen LogP contribution is 2.29. The first-order chi connectivity index (χ1) is 7.58. The maximum atomic E-state index is 12.8. The number of benzene rings is 1. The van der Waals surface area contributed by atoms with E-state index in [1.54, 1.807) is 13.1 Å². The van der Waals surface area contributed by atoms with Crippen LogP contribution in [0.5, 0.6) is 0 Å². The Kier molecular flexibility index (Phi) is 2.69. The minimum atomic E-state index is -0.391. The average Bonchev–Trinajstić information content (AvgIpc) is 2.54. The predicted molar refractivity (Wildman–Crippen MR) is 58.8 cm³/mol. The maximum Gasteiger partial charge on any atom is 0.343 e. The molecular formula is C9H9FN4OS. The second kappa shape index (κ2) is 4.01. The number of aromatic nitrogens is 3. The second-order valence-corrected chi connectivity index (χ2v) is 4.16. The van der Waals surface area contributed by atoms with E-state index in [1.165, 1.54) is 28.5 Å². The predicted octanol–water partition coefficient (Wildman–Crippen LogP) is 0.981. The van der Waals surface area contributed by atoms with Gasteiger partial charge in [0.15, 0.2) is 5.16 Å². The third kappa shape index (κ3) is 1.94. The SMILES string of the molecule is Cn1c(Sc2ccc(F)cc2N)n[nH]c1=O. The zero-order chi connectivity index (χ0) is 11.7. The van der Waals surface area contributed by atoms with E-state index < -0.39 is 5.82 Å². The van der Waals surface area contributed by atoms with Gasteiger partial charge >= 0.3 is 5.69 Å². The molecule has 84 valence electrons. The van der Waals surface area contributed by atoms with Crippen LogP contribution in [-0.2, 0) is 7.05 Å². The van der Waals surface area contributed by atoms with E-state index in [1.807, 2.05) is 0 Å². The Morgan fingerprint density at radius 3 is 2.88 bits per heavy atom. The lowest BCUT2D eigenvalue weighted by atomic mass is 10.3. The van der Waals surface area contributed by atoms with Gasteiger partial charge in [0.25, 0.3) is 0 Å². The highest BCUT2D eigenvalue weighted by atomic mass is 32.2. The molecule has 0 aliphatic carbocycles. The summed E-state index contributed by atoms with van der Waals surface area (Å²) >= 11 is 1.20. The van der Waals surface area contributed by atoms with Gasteiger partial charge in [-0.25, -0.2) is 14.3 Å². The molecule has 1 aromatic heterocycles. The molecule has 0 saturated carbocycles. The van der Waals surface area contributed by atoms with Gasteiger partial charge in [-0.2, -0.15) is 0 Å². The van der Waals surface area contributed by atoms with Crippen LogP contribution < -0.4 is 11.4 Å². The Balaban J connectivity index is 2.34. The van der Waals surface area contributed by atoms with Crippen LogP contribution in [0, 0.1) is 5.82 Å². The number of rotatable bonds is 2. The Bertz CT molecular complexity index is 577. The fraction of sp³-hybridized carbons (Fsp3) is 0.111. The molecule has 2 aromatic rings. The smallest absolute Gasteiger partial charge is 0.343 e. The number of nitrogens with zero attached hydrogens (tertiary/aromatic N) is 2. The first-order valence-corrected chi connectivity index (χ1v) is 5.24. The molecule has 0 fully saturated rings. The molecule has 0 amide bonds. The molecule has 7 heteroatoms. The standard InChI is InChI=1S/C9H9FN4OS/c1-14-8(15)12-13-9(14)16-7-3-2-5(10)4-6(7)11/h2-4H,11H2,1H3,(H,12,15). The van der Waals surface area contributed by atoms with Gasteiger partial charge in [-0.15, -0.1) is 5.10 Å². The lowest BCUT2D eigenvalue weighted by Gasteiger charge is -2.03. The average molecular weight is 240 g/mol. The second-order valence-electron chi connectivity index (χ2n) is 3.15. The van der Waals surface area contributed by atoms with Crippen LogP contribution in [0.3, 0.4) is 0 Å². The van der Waals surface area contributed by atoms with Crippen molar-refractivity contribution in [2.45, 2.75) is 10.1 Å². The van der Waals surface area contributed by atoms with Crippen LogP contribution in [0.15, 0.2) is 33.0 Å². The summed E-state index contributed by atoms with van der Waals surface area (Å²) in [5.41, 5.74) is 5.66. The van der Waals surface area contributed by atoms with Crippen molar-refractivity contribution in [2.75, 3.05) is 5.73 Å². The summed E-state index contributed by atoms with van der Waals surface area (Å²) in [5.74, 6) is -0.391. The quantitative estimate of drug-likeness (QED) is 0.767. The van der Waals surface area contributed by atoms with Gasteiger partial charge in [0, 0.05) is 17.6 Å². The normalized spacial score (nSPS) is 10.6. The summed E-state index contributed by atoms with van der Waals surface area (Å²) in [6, 6.07) is 4.09. The molecule has 1 heterocycles. The maximum absolute atomic E-state index is 12.8. The summed E-state index contributed by atoms with van der Waals surface area (Å²) < 4.78 is 14.2. The number of anilines is 1. The number of aromatic amines is 1. The molecule has 16 heavy (non-hydrogen) atoms. The van der Waals surface area contributed by atoms with Gasteiger partial charge in [0.2, 0.25) is 0 Å². The van der Waals surface area contributed by atoms with Crippen LogP contribution in [0.1, 0.15) is 0 Å². The molecule has 1 aromatic carbocycles. The largest absolute Gasteiger partial charge is 0.398 e. The first-order valence-electron chi connectivity index (χ1n) is 4.42. The zero-order valence-electron chi connectivity index (χ0n) is 8.40. The number of halogens is 1. The van der Waals surface area contributed by atoms with Gasteiger partial charge in [0.05, 0.1) is 0 Å². The molecule has 0 bridgehead atoms. The lowest BCUT2D eigenvalue weighted by Crippen LogP contribution is -2.12. The lowest BCUT2D eigenvalue weighted by molar-refractivity contribution is 0.627. The Morgan fingerprint density at radius 1 is 1.56 bits per heavy atom. The fourth-order valence-electron chi connectivity index (χ4n) is 1.13. The van der Waals surface area contributed by atoms with Crippen molar-refractivity contribution in [1.29, 1.82) is 0 Å². The van der Waals surface area contributed by atoms with Gasteiger partial charge < -0.3 is 5.73 Å². The summed E-state index contributed by atoms with van der Waals surface area (Å²) in [4.78, 5) is 11.8. The van der Waals surface area contributed by atoms with Gasteiger partial charge in [-0.05, 0) is 30.0 Å². The molecule has 0 aliphatic heterocycles. The third-order valence-electron chi connectivity index (χ3n) is 2.01. The van der Waals surface area contributed by atoms with E-state index in [4.69, 9.17) is 5.73 Å². The van der Waals surface area contributed by atoms with Crippen molar-refractivity contribution in [3.63, 3.8) is 0 Å². The summed E-state index contributed by atoms with van der Waals surface area (Å²) in [7, 11) is 1.59. The Hall–Kier alpha value is -1.76. The molecular weight excluding hydrogens is 231 g/mol. The number of hydrogen-bond acceptors (Lipinski definition) is 4. The highest BCUT2D eigenvalue weighted by molar-refractivity contribution is 7.99. The van der Waals surface area contributed by atoms with Crippen molar-refractivity contribution in [3.8, 4) is 0 Å². The third-order valence-corrected chi connectivity index (χ3v) is 3.15. The zero-order valence-corrected chi connectivity index (χ0v) is 9.21. The van der Waals surface area contributed by atoms with Gasteiger partial charge in [0.1, 0.15) is 5.82 Å². The molecule has 0 radical (unpaired) electrons. The molecule has 0 saturated heterocycles. The van der Waals surface area contributed by atoms with Crippen LogP contribution in [0.25, 0.3) is 0 Å². The molecule has 0 spiro atoms. The van der Waals surface area contributed by atoms with E-state index >= 15 is 0 Å². The number of hydrogen-bond donors (Lipinski definition) is 2. The molecule has 0 unspecified atom stereocenters. The fourth-order valence-corrected chi connectivity index (χ4v) is 1.96. The minimum Gasteiger partial charge on any atom is -0.398 e. The number of H-pyrrole nitrogens is 1. The van der Waals surface area contributed by atoms with E-state index in [0.29, 0.717) is 15.7 Å². The number of nitrogens with two attached hydrogens (primary N) is 1. The van der Waals surface area contributed by atoms with Crippen molar-refractivity contribution in [2.24, 2.45) is 7.05 Å². The van der Waals surface area contributed by atoms with Crippen molar-refractivity contribution < 1.29 is 4.39 Å². The molecule has 3 N–H and O–H groups in total. The summed E-state index contributed by atoms with van der Waals surface area (Å²) in [6.07, 6.45) is 0. The van der Waals surface area contributed by atoms with Crippen LogP contribution in [0.2, 0.25) is 0 Å². The number of nitrogens with one attached hydrogen (secondary N) is 1. The van der Waals surface area contributed by atoms with Crippen molar-refractivity contribution >= 4 is 17.4 Å². The van der Waals surface area contributed by atoms with Crippen LogP contribution in [0.4, 0.5) is 10.1 Å². The van der Waals surface area contributed by atoms with Gasteiger partial charge in [-0.3, -0.25) is 4.57 Å². The van der Waals surface area contributed by atoms with E-state index in [-0.39, 0.29) is 5.69 Å². The first kappa shape index (κ1) is 10.7. The van der Waals surface area contributed by atoms with E-state index in [0.717, 1.165) is 0 Å². The Labute approximate surface area is 94.5 Å². The molecule has 0 aliphatic rings. The minimum absolute atomic E-state index is 0.303. The summed E-state index contributed by atoms with van der Waals surface area (Å²) in [6.45, 7) is 0. The van der Waals surface area contributed by atoms with Crippen LogP contribution in [-0.4, -0.2) is 14.8 Å². The monoisotopic (exact) mass is 240 g/mol. The van der Waals surface area contributed by atoms with Crippen molar-refractivity contribution in [1.82, 2.24) is 14.8 Å². The van der Waals surface area contributed by atoms with Crippen molar-refractivity contribution in [3.05, 3.63) is 34.5 Å². The van der Waals surface area contributed by atoms with E-state index in [9.17, 15) is 9.18 Å². The van der Waals surface area contributed by atoms with Crippen LogP contribution >= 0.6 is 11.8 Å². The molecule has 2 rings (SSSR count). The molecule has 5 nitrogen and oxygen atoms in total.